The van der Waals surface area contributed by atoms with Gasteiger partial charge in [0.25, 0.3) is 0 Å². The van der Waals surface area contributed by atoms with Gasteiger partial charge in [-0.2, -0.15) is 0 Å². The molecule has 0 fully saturated rings. The molecule has 1 heterocycles. The van der Waals surface area contributed by atoms with E-state index in [9.17, 15) is 0 Å². The van der Waals surface area contributed by atoms with Gasteiger partial charge in [-0.05, 0) is 42.8 Å². The fourth-order valence-corrected chi connectivity index (χ4v) is 2.49. The van der Waals surface area contributed by atoms with Gasteiger partial charge in [-0.3, -0.25) is 0 Å². The molecule has 22 heavy (non-hydrogen) atoms. The van der Waals surface area contributed by atoms with Crippen molar-refractivity contribution < 1.29 is 13.9 Å². The van der Waals surface area contributed by atoms with Crippen molar-refractivity contribution in [2.24, 2.45) is 0 Å². The molecule has 0 aliphatic rings. The molecule has 1 aromatic heterocycles. The Morgan fingerprint density at radius 1 is 0.955 bits per heavy atom. The van der Waals surface area contributed by atoms with Crippen LogP contribution in [0.25, 0.3) is 28.4 Å². The smallest absolute Gasteiger partial charge is 0.139 e. The fourth-order valence-electron chi connectivity index (χ4n) is 2.49. The summed E-state index contributed by atoms with van der Waals surface area (Å²) in [5, 5.41) is 1.07. The van der Waals surface area contributed by atoms with Gasteiger partial charge in [0.1, 0.15) is 22.8 Å². The molecule has 3 rings (SSSR count). The Balaban J connectivity index is 2.10. The van der Waals surface area contributed by atoms with Crippen LogP contribution >= 0.6 is 0 Å². The second-order valence-corrected chi connectivity index (χ2v) is 4.97. The van der Waals surface area contributed by atoms with Crippen molar-refractivity contribution in [3.8, 4) is 22.8 Å². The maximum Gasteiger partial charge on any atom is 0.139 e. The Morgan fingerprint density at radius 2 is 1.82 bits per heavy atom. The van der Waals surface area contributed by atoms with Crippen molar-refractivity contribution in [1.82, 2.24) is 0 Å². The zero-order chi connectivity index (χ0) is 15.5. The SMILES string of the molecule is CC=Cc1ccc2oc(-c3ccc(OC)cc3OC)cc2c1. The second kappa shape index (κ2) is 5.98. The summed E-state index contributed by atoms with van der Waals surface area (Å²) in [4.78, 5) is 0. The third-order valence-electron chi connectivity index (χ3n) is 3.57. The summed E-state index contributed by atoms with van der Waals surface area (Å²) in [6, 6.07) is 13.9. The Hall–Kier alpha value is -2.68. The Bertz CT molecular complexity index is 828. The second-order valence-electron chi connectivity index (χ2n) is 4.97. The summed E-state index contributed by atoms with van der Waals surface area (Å²) in [5.74, 6) is 2.27. The lowest BCUT2D eigenvalue weighted by Crippen LogP contribution is -1.89. The van der Waals surface area contributed by atoms with E-state index in [0.717, 1.165) is 39.4 Å². The summed E-state index contributed by atoms with van der Waals surface area (Å²) in [6.45, 7) is 2.01. The van der Waals surface area contributed by atoms with Gasteiger partial charge in [-0.15, -0.1) is 0 Å². The Labute approximate surface area is 129 Å². The van der Waals surface area contributed by atoms with Gasteiger partial charge >= 0.3 is 0 Å². The highest BCUT2D eigenvalue weighted by Crippen LogP contribution is 2.36. The molecule has 3 aromatic rings. The molecule has 0 N–H and O–H groups in total. The van der Waals surface area contributed by atoms with Gasteiger partial charge in [-0.1, -0.05) is 18.2 Å². The molecule has 3 nitrogen and oxygen atoms in total. The first-order valence-electron chi connectivity index (χ1n) is 7.14. The van der Waals surface area contributed by atoms with Crippen molar-refractivity contribution in [1.29, 1.82) is 0 Å². The molecule has 0 unspecified atom stereocenters. The van der Waals surface area contributed by atoms with Gasteiger partial charge in [0, 0.05) is 11.5 Å². The van der Waals surface area contributed by atoms with E-state index >= 15 is 0 Å². The average molecular weight is 294 g/mol. The van der Waals surface area contributed by atoms with Crippen LogP contribution in [-0.4, -0.2) is 14.2 Å². The van der Waals surface area contributed by atoms with Crippen molar-refractivity contribution >= 4 is 17.0 Å². The largest absolute Gasteiger partial charge is 0.497 e. The normalized spacial score (nSPS) is 11.2. The van der Waals surface area contributed by atoms with Gasteiger partial charge in [-0.25, -0.2) is 0 Å². The lowest BCUT2D eigenvalue weighted by molar-refractivity contribution is 0.394. The van der Waals surface area contributed by atoms with E-state index in [1.807, 2.05) is 49.4 Å². The van der Waals surface area contributed by atoms with Gasteiger partial charge in [0.15, 0.2) is 0 Å². The first-order chi connectivity index (χ1) is 10.7. The summed E-state index contributed by atoms with van der Waals surface area (Å²) in [6.07, 6.45) is 4.09. The molecule has 0 saturated carbocycles. The molecule has 112 valence electrons. The van der Waals surface area contributed by atoms with E-state index in [0.29, 0.717) is 0 Å². The molecule has 0 amide bonds. The molecular weight excluding hydrogens is 276 g/mol. The molecule has 2 aromatic carbocycles. The number of hydrogen-bond donors (Lipinski definition) is 0. The predicted octanol–water partition coefficient (Wildman–Crippen LogP) is 5.15. The maximum atomic E-state index is 5.96. The van der Waals surface area contributed by atoms with E-state index in [4.69, 9.17) is 13.9 Å². The zero-order valence-electron chi connectivity index (χ0n) is 12.9. The lowest BCUT2D eigenvalue weighted by Gasteiger charge is -2.08. The highest BCUT2D eigenvalue weighted by Gasteiger charge is 2.12. The summed E-state index contributed by atoms with van der Waals surface area (Å²) >= 11 is 0. The molecule has 0 radical (unpaired) electrons. The third-order valence-corrected chi connectivity index (χ3v) is 3.57. The van der Waals surface area contributed by atoms with Crippen molar-refractivity contribution in [3.63, 3.8) is 0 Å². The van der Waals surface area contributed by atoms with E-state index in [-0.39, 0.29) is 0 Å². The number of benzene rings is 2. The number of rotatable bonds is 4. The van der Waals surface area contributed by atoms with E-state index in [1.165, 1.54) is 0 Å². The standard InChI is InChI=1S/C19H18O3/c1-4-5-13-6-9-17-14(10-13)11-19(22-17)16-8-7-15(20-2)12-18(16)21-3/h4-12H,1-3H3. The van der Waals surface area contributed by atoms with Crippen molar-refractivity contribution in [3.05, 3.63) is 54.1 Å². The van der Waals surface area contributed by atoms with Crippen LogP contribution in [-0.2, 0) is 0 Å². The minimum absolute atomic E-state index is 0.729. The van der Waals surface area contributed by atoms with Gasteiger partial charge in [0.2, 0.25) is 0 Å². The van der Waals surface area contributed by atoms with E-state index < -0.39 is 0 Å². The van der Waals surface area contributed by atoms with Gasteiger partial charge in [0.05, 0.1) is 19.8 Å². The summed E-state index contributed by atoms with van der Waals surface area (Å²) in [7, 11) is 3.28. The van der Waals surface area contributed by atoms with Crippen LogP contribution < -0.4 is 9.47 Å². The third kappa shape index (κ3) is 2.58. The number of allylic oxidation sites excluding steroid dienone is 1. The molecule has 0 saturated heterocycles. The van der Waals surface area contributed by atoms with Crippen LogP contribution in [0.4, 0.5) is 0 Å². The van der Waals surface area contributed by atoms with E-state index in [1.54, 1.807) is 14.2 Å². The monoisotopic (exact) mass is 294 g/mol. The quantitative estimate of drug-likeness (QED) is 0.667. The fraction of sp³-hybridized carbons (Fsp3) is 0.158. The molecule has 0 bridgehead atoms. The van der Waals surface area contributed by atoms with Crippen LogP contribution in [0.2, 0.25) is 0 Å². The first-order valence-corrected chi connectivity index (χ1v) is 7.14. The highest BCUT2D eigenvalue weighted by atomic mass is 16.5. The maximum absolute atomic E-state index is 5.96. The van der Waals surface area contributed by atoms with Crippen LogP contribution in [0.15, 0.2) is 53.0 Å². The van der Waals surface area contributed by atoms with Gasteiger partial charge < -0.3 is 13.9 Å². The van der Waals surface area contributed by atoms with E-state index in [2.05, 4.69) is 12.1 Å². The van der Waals surface area contributed by atoms with Crippen LogP contribution in [0.5, 0.6) is 11.5 Å². The highest BCUT2D eigenvalue weighted by molar-refractivity contribution is 5.86. The number of fused-ring (bicyclic) bond motifs is 1. The van der Waals surface area contributed by atoms with Crippen LogP contribution in [0.3, 0.4) is 0 Å². The number of furan rings is 1. The Morgan fingerprint density at radius 3 is 2.55 bits per heavy atom. The molecule has 0 atom stereocenters. The first kappa shape index (κ1) is 14.3. The average Bonchev–Trinajstić information content (AvgIpc) is 2.97. The number of hydrogen-bond acceptors (Lipinski definition) is 3. The molecule has 0 aliphatic carbocycles. The minimum Gasteiger partial charge on any atom is -0.497 e. The molecule has 0 aliphatic heterocycles. The molecular formula is C19H18O3. The van der Waals surface area contributed by atoms with Crippen molar-refractivity contribution in [2.75, 3.05) is 14.2 Å². The van der Waals surface area contributed by atoms with Crippen LogP contribution in [0, 0.1) is 0 Å². The minimum atomic E-state index is 0.729. The van der Waals surface area contributed by atoms with Crippen molar-refractivity contribution in [2.45, 2.75) is 6.92 Å². The summed E-state index contributed by atoms with van der Waals surface area (Å²) in [5.41, 5.74) is 2.93. The lowest BCUT2D eigenvalue weighted by atomic mass is 10.1. The molecule has 3 heteroatoms. The summed E-state index contributed by atoms with van der Waals surface area (Å²) < 4.78 is 16.6. The molecule has 0 spiro atoms. The number of methoxy groups -OCH3 is 2. The zero-order valence-corrected chi connectivity index (χ0v) is 12.9. The topological polar surface area (TPSA) is 31.6 Å². The number of ether oxygens (including phenoxy) is 2. The predicted molar refractivity (Wildman–Crippen MR) is 89.5 cm³/mol. The Kier molecular flexibility index (Phi) is 3.88. The van der Waals surface area contributed by atoms with Crippen LogP contribution in [0.1, 0.15) is 12.5 Å².